The van der Waals surface area contributed by atoms with E-state index in [4.69, 9.17) is 5.73 Å². The lowest BCUT2D eigenvalue weighted by Gasteiger charge is -2.23. The summed E-state index contributed by atoms with van der Waals surface area (Å²) in [6.45, 7) is 5.12. The molecule has 0 aliphatic heterocycles. The van der Waals surface area contributed by atoms with Crippen LogP contribution in [0.4, 0.5) is 11.6 Å². The number of nitrogens with two attached hydrogens (primary N) is 1. The number of nitrogen functional groups attached to an aromatic ring is 1. The van der Waals surface area contributed by atoms with Crippen LogP contribution in [0.3, 0.4) is 0 Å². The van der Waals surface area contributed by atoms with Crippen LogP contribution in [0, 0.1) is 6.92 Å². The van der Waals surface area contributed by atoms with Gasteiger partial charge in [-0.1, -0.05) is 0 Å². The molecule has 1 fully saturated rings. The van der Waals surface area contributed by atoms with Crippen molar-refractivity contribution in [2.24, 2.45) is 0 Å². The van der Waals surface area contributed by atoms with Crippen molar-refractivity contribution >= 4 is 11.6 Å². The van der Waals surface area contributed by atoms with E-state index in [9.17, 15) is 0 Å². The van der Waals surface area contributed by atoms with Crippen LogP contribution in [0.15, 0.2) is 6.33 Å². The molecular weight excluding hydrogens is 176 g/mol. The molecule has 1 heterocycles. The monoisotopic (exact) mass is 192 g/mol. The predicted octanol–water partition coefficient (Wildman–Crippen LogP) is 1.36. The number of rotatable bonds is 3. The second-order valence-electron chi connectivity index (χ2n) is 3.72. The van der Waals surface area contributed by atoms with Crippen LogP contribution in [-0.2, 0) is 0 Å². The van der Waals surface area contributed by atoms with Gasteiger partial charge in [-0.3, -0.25) is 0 Å². The summed E-state index contributed by atoms with van der Waals surface area (Å²) >= 11 is 0. The molecule has 2 N–H and O–H groups in total. The average Bonchev–Trinajstić information content (AvgIpc) is 2.97. The lowest BCUT2D eigenvalue weighted by Crippen LogP contribution is -2.27. The maximum Gasteiger partial charge on any atom is 0.137 e. The van der Waals surface area contributed by atoms with E-state index < -0.39 is 0 Å². The Balaban J connectivity index is 2.33. The van der Waals surface area contributed by atoms with Crippen LogP contribution in [0.25, 0.3) is 0 Å². The second kappa shape index (κ2) is 3.44. The van der Waals surface area contributed by atoms with Crippen LogP contribution in [0.5, 0.6) is 0 Å². The van der Waals surface area contributed by atoms with Crippen LogP contribution in [0.1, 0.15) is 25.3 Å². The van der Waals surface area contributed by atoms with Gasteiger partial charge in [-0.15, -0.1) is 0 Å². The number of nitrogens with zero attached hydrogens (tertiary/aromatic N) is 3. The standard InChI is InChI=1S/C10H16N4/c1-3-14(8-4-5-8)10-7(2)9(11)12-6-13-10/h6,8H,3-5H2,1-2H3,(H2,11,12,13). The van der Waals surface area contributed by atoms with Gasteiger partial charge in [-0.25, -0.2) is 9.97 Å². The molecule has 76 valence electrons. The molecule has 0 atom stereocenters. The fourth-order valence-electron chi connectivity index (χ4n) is 1.71. The van der Waals surface area contributed by atoms with E-state index in [1.165, 1.54) is 12.8 Å². The molecule has 1 aromatic heterocycles. The third-order valence-corrected chi connectivity index (χ3v) is 2.70. The van der Waals surface area contributed by atoms with Gasteiger partial charge in [0.05, 0.1) is 0 Å². The van der Waals surface area contributed by atoms with E-state index in [1.54, 1.807) is 6.33 Å². The van der Waals surface area contributed by atoms with Crippen molar-refractivity contribution in [3.63, 3.8) is 0 Å². The van der Waals surface area contributed by atoms with Crippen molar-refractivity contribution in [3.05, 3.63) is 11.9 Å². The van der Waals surface area contributed by atoms with Gasteiger partial charge in [-0.2, -0.15) is 0 Å². The van der Waals surface area contributed by atoms with Crippen molar-refractivity contribution < 1.29 is 0 Å². The molecule has 1 aliphatic carbocycles. The van der Waals surface area contributed by atoms with Crippen molar-refractivity contribution in [1.82, 2.24) is 9.97 Å². The van der Waals surface area contributed by atoms with E-state index in [0.717, 1.165) is 17.9 Å². The molecule has 0 spiro atoms. The first kappa shape index (κ1) is 9.24. The summed E-state index contributed by atoms with van der Waals surface area (Å²) in [6, 6.07) is 0.674. The fraction of sp³-hybridized carbons (Fsp3) is 0.600. The summed E-state index contributed by atoms with van der Waals surface area (Å²) in [7, 11) is 0. The molecule has 0 aromatic carbocycles. The van der Waals surface area contributed by atoms with E-state index in [0.29, 0.717) is 11.9 Å². The summed E-state index contributed by atoms with van der Waals surface area (Å²) in [5.74, 6) is 1.59. The number of hydrogen-bond acceptors (Lipinski definition) is 4. The number of hydrogen-bond donors (Lipinski definition) is 1. The highest BCUT2D eigenvalue weighted by atomic mass is 15.2. The molecule has 1 aromatic rings. The molecule has 0 amide bonds. The highest BCUT2D eigenvalue weighted by Crippen LogP contribution is 2.32. The van der Waals surface area contributed by atoms with Crippen LogP contribution in [-0.4, -0.2) is 22.6 Å². The van der Waals surface area contributed by atoms with Gasteiger partial charge < -0.3 is 10.6 Å². The third-order valence-electron chi connectivity index (χ3n) is 2.70. The molecule has 2 rings (SSSR count). The maximum atomic E-state index is 5.76. The Labute approximate surface area is 84.2 Å². The van der Waals surface area contributed by atoms with Gasteiger partial charge in [0.15, 0.2) is 0 Å². The van der Waals surface area contributed by atoms with Gasteiger partial charge >= 0.3 is 0 Å². The van der Waals surface area contributed by atoms with E-state index >= 15 is 0 Å². The minimum Gasteiger partial charge on any atom is -0.383 e. The first-order chi connectivity index (χ1) is 6.74. The SMILES string of the molecule is CCN(c1ncnc(N)c1C)C1CC1. The summed E-state index contributed by atoms with van der Waals surface area (Å²) < 4.78 is 0. The molecule has 0 unspecified atom stereocenters. The Kier molecular flexibility index (Phi) is 2.27. The van der Waals surface area contributed by atoms with Crippen molar-refractivity contribution in [3.8, 4) is 0 Å². The molecular formula is C10H16N4. The Morgan fingerprint density at radius 2 is 2.21 bits per heavy atom. The third kappa shape index (κ3) is 1.52. The Morgan fingerprint density at radius 3 is 2.79 bits per heavy atom. The fourth-order valence-corrected chi connectivity index (χ4v) is 1.71. The highest BCUT2D eigenvalue weighted by molar-refractivity contribution is 5.56. The largest absolute Gasteiger partial charge is 0.383 e. The second-order valence-corrected chi connectivity index (χ2v) is 3.72. The molecule has 14 heavy (non-hydrogen) atoms. The van der Waals surface area contributed by atoms with Gasteiger partial charge in [-0.05, 0) is 26.7 Å². The summed E-state index contributed by atoms with van der Waals surface area (Å²) in [4.78, 5) is 10.6. The zero-order valence-corrected chi connectivity index (χ0v) is 8.70. The Bertz CT molecular complexity index is 333. The van der Waals surface area contributed by atoms with Crippen LogP contribution in [0.2, 0.25) is 0 Å². The van der Waals surface area contributed by atoms with Crippen LogP contribution < -0.4 is 10.6 Å². The van der Waals surface area contributed by atoms with Gasteiger partial charge in [0.25, 0.3) is 0 Å². The topological polar surface area (TPSA) is 55.0 Å². The zero-order valence-electron chi connectivity index (χ0n) is 8.70. The molecule has 0 saturated heterocycles. The minimum atomic E-state index is 0.592. The first-order valence-electron chi connectivity index (χ1n) is 5.07. The van der Waals surface area contributed by atoms with Gasteiger partial charge in [0.1, 0.15) is 18.0 Å². The van der Waals surface area contributed by atoms with Crippen molar-refractivity contribution in [1.29, 1.82) is 0 Å². The van der Waals surface area contributed by atoms with Crippen LogP contribution >= 0.6 is 0 Å². The minimum absolute atomic E-state index is 0.592. The molecule has 1 aliphatic rings. The molecule has 4 nitrogen and oxygen atoms in total. The predicted molar refractivity (Wildman–Crippen MR) is 57.2 cm³/mol. The average molecular weight is 192 g/mol. The zero-order chi connectivity index (χ0) is 10.1. The summed E-state index contributed by atoms with van der Waals surface area (Å²) in [6.07, 6.45) is 4.09. The van der Waals surface area contributed by atoms with E-state index in [1.807, 2.05) is 6.92 Å². The first-order valence-corrected chi connectivity index (χ1v) is 5.07. The number of aromatic nitrogens is 2. The summed E-state index contributed by atoms with van der Waals surface area (Å²) in [5.41, 5.74) is 6.76. The normalized spacial score (nSPS) is 15.6. The molecule has 4 heteroatoms. The smallest absolute Gasteiger partial charge is 0.137 e. The number of anilines is 2. The molecule has 1 saturated carbocycles. The molecule has 0 bridgehead atoms. The molecule has 0 radical (unpaired) electrons. The quantitative estimate of drug-likeness (QED) is 0.785. The van der Waals surface area contributed by atoms with E-state index in [2.05, 4.69) is 21.8 Å². The van der Waals surface area contributed by atoms with Crippen molar-refractivity contribution in [2.45, 2.75) is 32.7 Å². The Hall–Kier alpha value is -1.32. The van der Waals surface area contributed by atoms with Gasteiger partial charge in [0, 0.05) is 18.2 Å². The lowest BCUT2D eigenvalue weighted by atomic mass is 10.3. The lowest BCUT2D eigenvalue weighted by molar-refractivity contribution is 0.800. The van der Waals surface area contributed by atoms with Gasteiger partial charge in [0.2, 0.25) is 0 Å². The highest BCUT2D eigenvalue weighted by Gasteiger charge is 2.29. The van der Waals surface area contributed by atoms with E-state index in [-0.39, 0.29) is 0 Å². The van der Waals surface area contributed by atoms with Crippen molar-refractivity contribution in [2.75, 3.05) is 17.2 Å². The summed E-state index contributed by atoms with van der Waals surface area (Å²) in [5, 5.41) is 0. The maximum absolute atomic E-state index is 5.76. The Morgan fingerprint density at radius 1 is 1.50 bits per heavy atom.